The molecule has 0 spiro atoms. The van der Waals surface area contributed by atoms with Crippen molar-refractivity contribution in [2.24, 2.45) is 0 Å². The summed E-state index contributed by atoms with van der Waals surface area (Å²) in [6, 6.07) is 6.51. The Bertz CT molecular complexity index is 521. The van der Waals surface area contributed by atoms with Gasteiger partial charge in [0.1, 0.15) is 6.10 Å². The molecule has 0 saturated carbocycles. The maximum Gasteiger partial charge on any atom is 0.338 e. The lowest BCUT2D eigenvalue weighted by atomic mass is 10.1. The van der Waals surface area contributed by atoms with Crippen molar-refractivity contribution >= 4 is 11.9 Å². The first-order valence-electron chi connectivity index (χ1n) is 10.1. The van der Waals surface area contributed by atoms with Crippen LogP contribution in [0.1, 0.15) is 99.3 Å². The lowest BCUT2D eigenvalue weighted by molar-refractivity contribution is 0.0270. The number of unbranched alkanes of at least 4 members (excludes halogenated alkanes) is 5. The molecule has 1 aromatic carbocycles. The summed E-state index contributed by atoms with van der Waals surface area (Å²) in [6.45, 7) is 6.72. The van der Waals surface area contributed by atoms with Crippen LogP contribution in [0.3, 0.4) is 0 Å². The highest BCUT2D eigenvalue weighted by atomic mass is 16.5. The van der Waals surface area contributed by atoms with Gasteiger partial charge in [0.25, 0.3) is 0 Å². The molecule has 0 fully saturated rings. The van der Waals surface area contributed by atoms with Crippen molar-refractivity contribution in [3.05, 3.63) is 35.4 Å². The molecule has 1 rings (SSSR count). The lowest BCUT2D eigenvalue weighted by Gasteiger charge is -2.15. The summed E-state index contributed by atoms with van der Waals surface area (Å²) >= 11 is 0. The third-order valence-corrected chi connectivity index (χ3v) is 4.43. The SMILES string of the molecule is CCCCCCCCOC(=O)c1ccc(C(=O)OC(CC)CCC)cc1. The zero-order chi connectivity index (χ0) is 19.2. The van der Waals surface area contributed by atoms with Crippen molar-refractivity contribution in [1.82, 2.24) is 0 Å². The van der Waals surface area contributed by atoms with Crippen LogP contribution in [0.25, 0.3) is 0 Å². The molecule has 0 aliphatic carbocycles. The van der Waals surface area contributed by atoms with Crippen molar-refractivity contribution in [2.45, 2.75) is 84.7 Å². The normalized spacial score (nSPS) is 11.8. The molecule has 0 bridgehead atoms. The Balaban J connectivity index is 2.38. The fourth-order valence-electron chi connectivity index (χ4n) is 2.76. The third kappa shape index (κ3) is 8.50. The molecule has 0 saturated heterocycles. The predicted octanol–water partition coefficient (Wildman–Crippen LogP) is 5.94. The molecule has 0 heterocycles. The van der Waals surface area contributed by atoms with E-state index >= 15 is 0 Å². The van der Waals surface area contributed by atoms with Crippen molar-refractivity contribution in [3.63, 3.8) is 0 Å². The Labute approximate surface area is 158 Å². The van der Waals surface area contributed by atoms with Crippen LogP contribution in [0.4, 0.5) is 0 Å². The van der Waals surface area contributed by atoms with Crippen LogP contribution in [-0.2, 0) is 9.47 Å². The van der Waals surface area contributed by atoms with Gasteiger partial charge in [-0.15, -0.1) is 0 Å². The van der Waals surface area contributed by atoms with Gasteiger partial charge in [-0.25, -0.2) is 9.59 Å². The van der Waals surface area contributed by atoms with E-state index in [2.05, 4.69) is 13.8 Å². The molecule has 4 nitrogen and oxygen atoms in total. The molecule has 1 unspecified atom stereocenters. The summed E-state index contributed by atoms with van der Waals surface area (Å²) in [5.41, 5.74) is 0.931. The van der Waals surface area contributed by atoms with Gasteiger partial charge in [-0.3, -0.25) is 0 Å². The first kappa shape index (κ1) is 22.2. The number of rotatable bonds is 13. The second kappa shape index (κ2) is 13.4. The summed E-state index contributed by atoms with van der Waals surface area (Å²) in [5, 5.41) is 0. The first-order chi connectivity index (χ1) is 12.6. The molecule has 0 amide bonds. The highest BCUT2D eigenvalue weighted by molar-refractivity contribution is 5.93. The van der Waals surface area contributed by atoms with Gasteiger partial charge in [-0.1, -0.05) is 59.3 Å². The highest BCUT2D eigenvalue weighted by Gasteiger charge is 2.15. The van der Waals surface area contributed by atoms with E-state index in [1.807, 2.05) is 6.92 Å². The van der Waals surface area contributed by atoms with Crippen LogP contribution < -0.4 is 0 Å². The Hall–Kier alpha value is -1.84. The Kier molecular flexibility index (Phi) is 11.4. The zero-order valence-electron chi connectivity index (χ0n) is 16.6. The number of hydrogen-bond acceptors (Lipinski definition) is 4. The maximum atomic E-state index is 12.2. The Morgan fingerprint density at radius 3 is 1.96 bits per heavy atom. The van der Waals surface area contributed by atoms with Crippen molar-refractivity contribution in [2.75, 3.05) is 6.61 Å². The average Bonchev–Trinajstić information content (AvgIpc) is 2.66. The van der Waals surface area contributed by atoms with Gasteiger partial charge < -0.3 is 9.47 Å². The van der Waals surface area contributed by atoms with Crippen LogP contribution in [0.2, 0.25) is 0 Å². The molecular weight excluding hydrogens is 328 g/mol. The van der Waals surface area contributed by atoms with Gasteiger partial charge in [-0.2, -0.15) is 0 Å². The molecule has 4 heteroatoms. The molecular formula is C22H34O4. The highest BCUT2D eigenvalue weighted by Crippen LogP contribution is 2.13. The Morgan fingerprint density at radius 2 is 1.38 bits per heavy atom. The van der Waals surface area contributed by atoms with Crippen LogP contribution in [-0.4, -0.2) is 24.6 Å². The van der Waals surface area contributed by atoms with E-state index in [4.69, 9.17) is 9.47 Å². The van der Waals surface area contributed by atoms with Crippen LogP contribution in [0.5, 0.6) is 0 Å². The quantitative estimate of drug-likeness (QED) is 0.322. The van der Waals surface area contributed by atoms with E-state index < -0.39 is 0 Å². The van der Waals surface area contributed by atoms with Crippen molar-refractivity contribution in [1.29, 1.82) is 0 Å². The maximum absolute atomic E-state index is 12.2. The molecule has 146 valence electrons. The van der Waals surface area contributed by atoms with E-state index in [9.17, 15) is 9.59 Å². The monoisotopic (exact) mass is 362 g/mol. The van der Waals surface area contributed by atoms with E-state index in [1.54, 1.807) is 24.3 Å². The van der Waals surface area contributed by atoms with Crippen molar-refractivity contribution < 1.29 is 19.1 Å². The molecule has 26 heavy (non-hydrogen) atoms. The van der Waals surface area contributed by atoms with Gasteiger partial charge in [0.05, 0.1) is 17.7 Å². The fourth-order valence-corrected chi connectivity index (χ4v) is 2.76. The average molecular weight is 363 g/mol. The first-order valence-corrected chi connectivity index (χ1v) is 10.1. The third-order valence-electron chi connectivity index (χ3n) is 4.43. The summed E-state index contributed by atoms with van der Waals surface area (Å²) in [5.74, 6) is -0.673. The molecule has 0 aliphatic heterocycles. The molecule has 0 radical (unpaired) electrons. The Morgan fingerprint density at radius 1 is 0.808 bits per heavy atom. The van der Waals surface area contributed by atoms with Gasteiger partial charge >= 0.3 is 11.9 Å². The minimum absolute atomic E-state index is 0.0468. The summed E-state index contributed by atoms with van der Waals surface area (Å²) in [4.78, 5) is 24.2. The molecule has 0 N–H and O–H groups in total. The van der Waals surface area contributed by atoms with Crippen LogP contribution in [0.15, 0.2) is 24.3 Å². The number of carbonyl (C=O) groups is 2. The van der Waals surface area contributed by atoms with Gasteiger partial charge in [-0.05, 0) is 43.5 Å². The van der Waals surface area contributed by atoms with Gasteiger partial charge in [0, 0.05) is 0 Å². The topological polar surface area (TPSA) is 52.6 Å². The summed E-state index contributed by atoms with van der Waals surface area (Å²) < 4.78 is 10.8. The van der Waals surface area contributed by atoms with E-state index in [0.717, 1.165) is 32.1 Å². The van der Waals surface area contributed by atoms with E-state index in [-0.39, 0.29) is 18.0 Å². The number of benzene rings is 1. The molecule has 0 aromatic heterocycles. The molecule has 1 atom stereocenters. The number of ether oxygens (including phenoxy) is 2. The zero-order valence-corrected chi connectivity index (χ0v) is 16.6. The lowest BCUT2D eigenvalue weighted by Crippen LogP contribution is -2.17. The second-order valence-corrected chi connectivity index (χ2v) is 6.71. The van der Waals surface area contributed by atoms with Gasteiger partial charge in [0.2, 0.25) is 0 Å². The smallest absolute Gasteiger partial charge is 0.338 e. The summed E-state index contributed by atoms with van der Waals surface area (Å²) in [6.07, 6.45) is 9.54. The van der Waals surface area contributed by atoms with Crippen LogP contribution in [0, 0.1) is 0 Å². The van der Waals surface area contributed by atoms with Crippen LogP contribution >= 0.6 is 0 Å². The minimum atomic E-state index is -0.337. The number of hydrogen-bond donors (Lipinski definition) is 0. The second-order valence-electron chi connectivity index (χ2n) is 6.71. The van der Waals surface area contributed by atoms with E-state index in [0.29, 0.717) is 17.7 Å². The van der Waals surface area contributed by atoms with E-state index in [1.165, 1.54) is 25.7 Å². The molecule has 0 aliphatic rings. The molecule has 1 aromatic rings. The standard InChI is InChI=1S/C22H34O4/c1-4-7-8-9-10-11-17-25-21(23)18-13-15-19(16-14-18)22(24)26-20(6-3)12-5-2/h13-16,20H,4-12,17H2,1-3H3. The van der Waals surface area contributed by atoms with Gasteiger partial charge in [0.15, 0.2) is 0 Å². The fraction of sp³-hybridized carbons (Fsp3) is 0.636. The minimum Gasteiger partial charge on any atom is -0.462 e. The number of esters is 2. The summed E-state index contributed by atoms with van der Waals surface area (Å²) in [7, 11) is 0. The van der Waals surface area contributed by atoms with Crippen molar-refractivity contribution in [3.8, 4) is 0 Å². The predicted molar refractivity (Wildman–Crippen MR) is 105 cm³/mol. The number of carbonyl (C=O) groups excluding carboxylic acids is 2. The largest absolute Gasteiger partial charge is 0.462 e.